The predicted molar refractivity (Wildman–Crippen MR) is 12.3 cm³/mol. The molecule has 56 valence electrons. The maximum absolute atomic E-state index is 8.74. The van der Waals surface area contributed by atoms with E-state index in [1.165, 1.54) is 0 Å². The van der Waals surface area contributed by atoms with Crippen molar-refractivity contribution in [2.45, 2.75) is 0 Å². The standard InChI is InChI=1S/2K.Mo.H2O3Si.4O/c;;;1-4(2)3;;;;/h;;;1-2H;;;;/q2*+1;;;;;2*-1. The molecule has 0 rings (SSSR count). The molecule has 0 amide bonds. The maximum atomic E-state index is 8.74. The Morgan fingerprint density at radius 3 is 1.09 bits per heavy atom. The Balaban J connectivity index is -0.0000000383. The zero-order valence-electron chi connectivity index (χ0n) is 5.84. The summed E-state index contributed by atoms with van der Waals surface area (Å²) >= 11 is -6.02. The molecule has 0 spiro atoms. The van der Waals surface area contributed by atoms with Crippen LogP contribution in [0.4, 0.5) is 0 Å². The Kier molecular flexibility index (Phi) is 28.2. The first-order valence-corrected chi connectivity index (χ1v) is 5.90. The molecule has 0 saturated heterocycles. The van der Waals surface area contributed by atoms with E-state index < -0.39 is 25.9 Å². The molecule has 0 aliphatic heterocycles. The zero-order valence-corrected chi connectivity index (χ0v) is 15.1. The van der Waals surface area contributed by atoms with E-state index in [1.54, 1.807) is 0 Å². The predicted octanol–water partition coefficient (Wildman–Crippen LogP) is -10.2. The molecule has 0 bridgehead atoms. The molecule has 7 nitrogen and oxygen atoms in total. The van der Waals surface area contributed by atoms with Crippen molar-refractivity contribution in [1.82, 2.24) is 0 Å². The Morgan fingerprint density at radius 2 is 1.09 bits per heavy atom. The van der Waals surface area contributed by atoms with E-state index in [2.05, 4.69) is 0 Å². The van der Waals surface area contributed by atoms with Crippen LogP contribution in [0.5, 0.6) is 0 Å². The van der Waals surface area contributed by atoms with Crippen molar-refractivity contribution >= 4 is 9.17 Å². The Hall–Kier alpha value is 3.10. The monoisotopic (exact) mass is 318 g/mol. The first-order chi connectivity index (χ1) is 3.73. The van der Waals surface area contributed by atoms with E-state index in [0.29, 0.717) is 0 Å². The van der Waals surface area contributed by atoms with E-state index >= 15 is 0 Å². The molecule has 0 heterocycles. The second-order valence-electron chi connectivity index (χ2n) is 0.691. The van der Waals surface area contributed by atoms with Crippen molar-refractivity contribution in [2.75, 3.05) is 0 Å². The molecule has 0 saturated carbocycles. The molecule has 0 radical (unpaired) electrons. The van der Waals surface area contributed by atoms with Crippen molar-refractivity contribution in [2.24, 2.45) is 0 Å². The van der Waals surface area contributed by atoms with Gasteiger partial charge in [-0.2, -0.15) is 0 Å². The topological polar surface area (TPSA) is 138 Å². The second kappa shape index (κ2) is 13.1. The summed E-state index contributed by atoms with van der Waals surface area (Å²) in [7, 11) is -3.13. The van der Waals surface area contributed by atoms with Crippen LogP contribution >= 0.6 is 0 Å². The van der Waals surface area contributed by atoms with Crippen LogP contribution in [0.3, 0.4) is 0 Å². The van der Waals surface area contributed by atoms with Crippen LogP contribution in [0.1, 0.15) is 0 Å². The number of hydrogen-bond donors (Lipinski definition) is 2. The van der Waals surface area contributed by atoms with Gasteiger partial charge in [-0.1, -0.05) is 0 Å². The van der Waals surface area contributed by atoms with E-state index in [4.69, 9.17) is 28.4 Å². The summed E-state index contributed by atoms with van der Waals surface area (Å²) in [5.41, 5.74) is 0. The van der Waals surface area contributed by atoms with Gasteiger partial charge in [0.15, 0.2) is 0 Å². The first kappa shape index (κ1) is 23.7. The van der Waals surface area contributed by atoms with Crippen LogP contribution in [0.15, 0.2) is 0 Å². The summed E-state index contributed by atoms with van der Waals surface area (Å²) in [6.07, 6.45) is 0. The van der Waals surface area contributed by atoms with Crippen molar-refractivity contribution in [3.8, 4) is 0 Å². The quantitative estimate of drug-likeness (QED) is 0.423. The third-order valence-electron chi connectivity index (χ3n) is 0. The SMILES string of the molecule is O=[Si](O)O.[K+].[K+].[O]=[Mo](=[O])([O-])[O-]. The summed E-state index contributed by atoms with van der Waals surface area (Å²) in [6, 6.07) is 0. The van der Waals surface area contributed by atoms with Crippen molar-refractivity contribution < 1.29 is 148 Å². The summed E-state index contributed by atoms with van der Waals surface area (Å²) in [4.78, 5) is 14.3. The minimum absolute atomic E-state index is 0. The van der Waals surface area contributed by atoms with Gasteiger partial charge in [0, 0.05) is 0 Å². The molecular formula is H2K2MoO7Si. The van der Waals surface area contributed by atoms with Crippen molar-refractivity contribution in [1.29, 1.82) is 0 Å². The van der Waals surface area contributed by atoms with Crippen LogP contribution in [-0.4, -0.2) is 18.8 Å². The molecule has 0 aliphatic carbocycles. The first-order valence-electron chi connectivity index (χ1n) is 1.32. The molecule has 0 aromatic carbocycles. The fraction of sp³-hybridized carbons (Fsp3) is 0. The van der Waals surface area contributed by atoms with E-state index in [9.17, 15) is 0 Å². The van der Waals surface area contributed by atoms with E-state index in [0.717, 1.165) is 0 Å². The van der Waals surface area contributed by atoms with Crippen LogP contribution in [0, 0.1) is 0 Å². The molecule has 0 fully saturated rings. The molecule has 0 aliphatic rings. The van der Waals surface area contributed by atoms with Gasteiger partial charge in [0.2, 0.25) is 0 Å². The second-order valence-corrected chi connectivity index (χ2v) is 3.26. The van der Waals surface area contributed by atoms with Gasteiger partial charge in [-0.25, -0.2) is 0 Å². The molecular weight excluding hydrogens is 314 g/mol. The Bertz CT molecular complexity index is 159. The molecule has 2 N–H and O–H groups in total. The fourth-order valence-electron chi connectivity index (χ4n) is 0. The van der Waals surface area contributed by atoms with Gasteiger partial charge in [-0.05, 0) is 0 Å². The van der Waals surface area contributed by atoms with Crippen molar-refractivity contribution in [3.05, 3.63) is 0 Å². The van der Waals surface area contributed by atoms with Gasteiger partial charge >= 0.3 is 143 Å². The number of rotatable bonds is 0. The van der Waals surface area contributed by atoms with Crippen LogP contribution in [0.2, 0.25) is 0 Å². The molecule has 0 unspecified atom stereocenters. The normalized spacial score (nSPS) is 7.45. The number of hydrogen-bond acceptors (Lipinski definition) is 5. The average molecular weight is 316 g/mol. The Morgan fingerprint density at radius 1 is 1.09 bits per heavy atom. The fourth-order valence-corrected chi connectivity index (χ4v) is 0. The zero-order chi connectivity index (χ0) is 8.08. The third-order valence-corrected chi connectivity index (χ3v) is 0. The van der Waals surface area contributed by atoms with Gasteiger partial charge in [0.1, 0.15) is 0 Å². The average Bonchev–Trinajstić information content (AvgIpc) is 1.19. The summed E-state index contributed by atoms with van der Waals surface area (Å²) < 4.78 is 43.3. The molecule has 0 aromatic heterocycles. The van der Waals surface area contributed by atoms with Gasteiger partial charge in [-0.15, -0.1) is 0 Å². The molecule has 0 atom stereocenters. The van der Waals surface area contributed by atoms with Gasteiger partial charge in [0.25, 0.3) is 0 Å². The van der Waals surface area contributed by atoms with Crippen LogP contribution in [0.25, 0.3) is 0 Å². The third kappa shape index (κ3) is 168. The molecule has 0 aromatic rings. The van der Waals surface area contributed by atoms with Crippen LogP contribution in [-0.2, 0) is 28.0 Å². The van der Waals surface area contributed by atoms with Crippen LogP contribution < -0.4 is 110 Å². The van der Waals surface area contributed by atoms with Gasteiger partial charge in [-0.3, -0.25) is 4.46 Å². The van der Waals surface area contributed by atoms with E-state index in [1.807, 2.05) is 0 Å². The van der Waals surface area contributed by atoms with Gasteiger partial charge in [0.05, 0.1) is 0 Å². The summed E-state index contributed by atoms with van der Waals surface area (Å²) in [5.74, 6) is 0. The Labute approximate surface area is 153 Å². The minimum atomic E-state index is -6.02. The van der Waals surface area contributed by atoms with Gasteiger partial charge < -0.3 is 9.59 Å². The molecule has 11 heavy (non-hydrogen) atoms. The molecule has 11 heteroatoms. The van der Waals surface area contributed by atoms with Crippen molar-refractivity contribution in [3.63, 3.8) is 0 Å². The summed E-state index contributed by atoms with van der Waals surface area (Å²) in [6.45, 7) is 0. The summed E-state index contributed by atoms with van der Waals surface area (Å²) in [5, 5.41) is 0. The van der Waals surface area contributed by atoms with E-state index in [-0.39, 0.29) is 103 Å².